The van der Waals surface area contributed by atoms with E-state index in [9.17, 15) is 0 Å². The Morgan fingerprint density at radius 1 is 0.864 bits per heavy atom. The topological polar surface area (TPSA) is 38.7 Å². The highest BCUT2D eigenvalue weighted by Crippen LogP contribution is 2.32. The molecule has 0 bridgehead atoms. The lowest BCUT2D eigenvalue weighted by Crippen LogP contribution is -2.30. The van der Waals surface area contributed by atoms with Gasteiger partial charge < -0.3 is 14.6 Å². The van der Waals surface area contributed by atoms with E-state index in [1.54, 1.807) is 0 Å². The normalized spacial score (nSPS) is 25.0. The zero-order valence-corrected chi connectivity index (χ0v) is 14.9. The smallest absolute Gasteiger partial charge is 0.168 e. The number of ether oxygens (including phenoxy) is 2. The van der Waals surface area contributed by atoms with Gasteiger partial charge in [0, 0.05) is 6.42 Å². The van der Waals surface area contributed by atoms with Crippen molar-refractivity contribution in [1.29, 1.82) is 0 Å². The Balaban J connectivity index is 1.92. The highest BCUT2D eigenvalue weighted by Gasteiger charge is 2.38. The van der Waals surface area contributed by atoms with E-state index >= 15 is 0 Å². The standard InChI is InChI=1S/C19H38O3/c1-3-5-6-7-8-9-10-11-12-13-14-15-19(4-2)21-17-18(16-20)22-19/h18,20H,3-17H2,1-2H3. The summed E-state index contributed by atoms with van der Waals surface area (Å²) in [7, 11) is 0. The van der Waals surface area contributed by atoms with Crippen LogP contribution in [-0.2, 0) is 9.47 Å². The lowest BCUT2D eigenvalue weighted by atomic mass is 10.0. The second kappa shape index (κ2) is 12.3. The van der Waals surface area contributed by atoms with Crippen LogP contribution in [0.25, 0.3) is 0 Å². The number of aliphatic hydroxyl groups excluding tert-OH is 1. The molecule has 0 amide bonds. The van der Waals surface area contributed by atoms with Gasteiger partial charge in [-0.05, 0) is 12.8 Å². The predicted octanol–water partition coefficient (Wildman–Crippen LogP) is 5.20. The molecular formula is C19H38O3. The summed E-state index contributed by atoms with van der Waals surface area (Å²) in [5.74, 6) is -0.410. The van der Waals surface area contributed by atoms with Crippen LogP contribution < -0.4 is 0 Å². The minimum atomic E-state index is -0.410. The summed E-state index contributed by atoms with van der Waals surface area (Å²) in [6.07, 6.45) is 16.7. The molecule has 0 spiro atoms. The highest BCUT2D eigenvalue weighted by atomic mass is 16.7. The molecule has 1 fully saturated rings. The Hall–Kier alpha value is -0.120. The molecule has 132 valence electrons. The fourth-order valence-corrected chi connectivity index (χ4v) is 3.26. The zero-order chi connectivity index (χ0) is 16.1. The number of rotatable bonds is 14. The molecule has 22 heavy (non-hydrogen) atoms. The lowest BCUT2D eigenvalue weighted by Gasteiger charge is -2.26. The van der Waals surface area contributed by atoms with Gasteiger partial charge in [-0.2, -0.15) is 0 Å². The first-order valence-corrected chi connectivity index (χ1v) is 9.69. The maximum atomic E-state index is 9.15. The van der Waals surface area contributed by atoms with Crippen LogP contribution in [0.3, 0.4) is 0 Å². The second-order valence-corrected chi connectivity index (χ2v) is 6.78. The van der Waals surface area contributed by atoms with E-state index in [0.29, 0.717) is 6.61 Å². The minimum Gasteiger partial charge on any atom is -0.394 e. The molecule has 1 heterocycles. The van der Waals surface area contributed by atoms with Gasteiger partial charge in [-0.1, -0.05) is 78.1 Å². The largest absolute Gasteiger partial charge is 0.394 e. The maximum absolute atomic E-state index is 9.15. The van der Waals surface area contributed by atoms with Crippen molar-refractivity contribution in [1.82, 2.24) is 0 Å². The summed E-state index contributed by atoms with van der Waals surface area (Å²) in [5.41, 5.74) is 0. The fraction of sp³-hybridized carbons (Fsp3) is 1.00. The van der Waals surface area contributed by atoms with E-state index < -0.39 is 5.79 Å². The van der Waals surface area contributed by atoms with Gasteiger partial charge in [-0.3, -0.25) is 0 Å². The van der Waals surface area contributed by atoms with Gasteiger partial charge in [0.05, 0.1) is 13.2 Å². The van der Waals surface area contributed by atoms with Crippen LogP contribution in [0, 0.1) is 0 Å². The van der Waals surface area contributed by atoms with Crippen LogP contribution in [-0.4, -0.2) is 30.2 Å². The van der Waals surface area contributed by atoms with Crippen LogP contribution in [0.2, 0.25) is 0 Å². The summed E-state index contributed by atoms with van der Waals surface area (Å²) in [4.78, 5) is 0. The van der Waals surface area contributed by atoms with Gasteiger partial charge in [0.2, 0.25) is 0 Å². The Labute approximate surface area is 137 Å². The van der Waals surface area contributed by atoms with Crippen molar-refractivity contribution in [3.8, 4) is 0 Å². The Kier molecular flexibility index (Phi) is 11.2. The van der Waals surface area contributed by atoms with Crippen molar-refractivity contribution in [2.75, 3.05) is 13.2 Å². The quantitative estimate of drug-likeness (QED) is 0.448. The molecule has 1 N–H and O–H groups in total. The first kappa shape index (κ1) is 19.9. The molecule has 3 nitrogen and oxygen atoms in total. The number of aliphatic hydroxyl groups is 1. The average molecular weight is 315 g/mol. The maximum Gasteiger partial charge on any atom is 0.168 e. The highest BCUT2D eigenvalue weighted by molar-refractivity contribution is 4.77. The van der Waals surface area contributed by atoms with Gasteiger partial charge in [-0.25, -0.2) is 0 Å². The summed E-state index contributed by atoms with van der Waals surface area (Å²) in [6.45, 7) is 4.99. The average Bonchev–Trinajstić information content (AvgIpc) is 2.97. The Morgan fingerprint density at radius 2 is 1.41 bits per heavy atom. The number of hydrogen-bond acceptors (Lipinski definition) is 3. The SMILES string of the molecule is CCCCCCCCCCCCCC1(CC)OCC(CO)O1. The number of unbranched alkanes of at least 4 members (excludes halogenated alkanes) is 10. The van der Waals surface area contributed by atoms with E-state index in [1.807, 2.05) is 0 Å². The summed E-state index contributed by atoms with van der Waals surface area (Å²) in [5, 5.41) is 9.15. The fourth-order valence-electron chi connectivity index (χ4n) is 3.26. The third kappa shape index (κ3) is 7.94. The Bertz CT molecular complexity index is 257. The molecule has 2 unspecified atom stereocenters. The lowest BCUT2D eigenvalue weighted by molar-refractivity contribution is -0.178. The van der Waals surface area contributed by atoms with Gasteiger partial charge in [0.25, 0.3) is 0 Å². The predicted molar refractivity (Wildman–Crippen MR) is 92.0 cm³/mol. The van der Waals surface area contributed by atoms with Crippen molar-refractivity contribution >= 4 is 0 Å². The molecule has 1 aliphatic heterocycles. The molecule has 0 aromatic carbocycles. The molecule has 1 rings (SSSR count). The summed E-state index contributed by atoms with van der Waals surface area (Å²) < 4.78 is 11.7. The van der Waals surface area contributed by atoms with E-state index in [2.05, 4.69) is 13.8 Å². The molecule has 3 heteroatoms. The third-order valence-electron chi connectivity index (χ3n) is 4.82. The van der Waals surface area contributed by atoms with Gasteiger partial charge >= 0.3 is 0 Å². The number of hydrogen-bond donors (Lipinski definition) is 1. The monoisotopic (exact) mass is 314 g/mol. The van der Waals surface area contributed by atoms with Crippen molar-refractivity contribution in [3.63, 3.8) is 0 Å². The van der Waals surface area contributed by atoms with Crippen LogP contribution in [0.5, 0.6) is 0 Å². The Morgan fingerprint density at radius 3 is 1.86 bits per heavy atom. The van der Waals surface area contributed by atoms with E-state index in [0.717, 1.165) is 12.8 Å². The zero-order valence-electron chi connectivity index (χ0n) is 14.9. The molecule has 1 saturated heterocycles. The van der Waals surface area contributed by atoms with Crippen molar-refractivity contribution in [2.45, 2.75) is 109 Å². The van der Waals surface area contributed by atoms with Crippen molar-refractivity contribution in [2.24, 2.45) is 0 Å². The van der Waals surface area contributed by atoms with Crippen molar-refractivity contribution in [3.05, 3.63) is 0 Å². The van der Waals surface area contributed by atoms with Crippen LogP contribution in [0.15, 0.2) is 0 Å². The van der Waals surface area contributed by atoms with Gasteiger partial charge in [0.15, 0.2) is 5.79 Å². The van der Waals surface area contributed by atoms with Crippen LogP contribution >= 0.6 is 0 Å². The van der Waals surface area contributed by atoms with E-state index in [-0.39, 0.29) is 12.7 Å². The third-order valence-corrected chi connectivity index (χ3v) is 4.82. The molecule has 1 aliphatic rings. The summed E-state index contributed by atoms with van der Waals surface area (Å²) in [6, 6.07) is 0. The molecule has 2 atom stereocenters. The molecule has 0 aromatic heterocycles. The molecule has 0 aliphatic carbocycles. The first-order chi connectivity index (χ1) is 10.8. The molecule has 0 saturated carbocycles. The van der Waals surface area contributed by atoms with Crippen LogP contribution in [0.1, 0.15) is 97.3 Å². The van der Waals surface area contributed by atoms with E-state index in [1.165, 1.54) is 70.6 Å². The summed E-state index contributed by atoms with van der Waals surface area (Å²) >= 11 is 0. The van der Waals surface area contributed by atoms with E-state index in [4.69, 9.17) is 14.6 Å². The second-order valence-electron chi connectivity index (χ2n) is 6.78. The van der Waals surface area contributed by atoms with Gasteiger partial charge in [0.1, 0.15) is 6.10 Å². The molecular weight excluding hydrogens is 276 g/mol. The van der Waals surface area contributed by atoms with Gasteiger partial charge in [-0.15, -0.1) is 0 Å². The van der Waals surface area contributed by atoms with Crippen molar-refractivity contribution < 1.29 is 14.6 Å². The van der Waals surface area contributed by atoms with Crippen LogP contribution in [0.4, 0.5) is 0 Å². The minimum absolute atomic E-state index is 0.0695. The molecule has 0 radical (unpaired) electrons. The first-order valence-electron chi connectivity index (χ1n) is 9.69. The molecule has 0 aromatic rings.